The van der Waals surface area contributed by atoms with E-state index in [0.717, 1.165) is 25.7 Å². The SMILES string of the molecule is C=CCCC(=O)C(N)CCCC. The van der Waals surface area contributed by atoms with Gasteiger partial charge in [0.05, 0.1) is 6.04 Å². The summed E-state index contributed by atoms with van der Waals surface area (Å²) in [5, 5.41) is 0. The van der Waals surface area contributed by atoms with Crippen molar-refractivity contribution in [1.29, 1.82) is 0 Å². The van der Waals surface area contributed by atoms with Crippen molar-refractivity contribution in [3.8, 4) is 0 Å². The molecule has 2 heteroatoms. The van der Waals surface area contributed by atoms with Crippen LogP contribution in [0.3, 0.4) is 0 Å². The van der Waals surface area contributed by atoms with Crippen LogP contribution in [0.15, 0.2) is 12.7 Å². The first-order chi connectivity index (χ1) is 5.72. The molecule has 0 fully saturated rings. The van der Waals surface area contributed by atoms with Gasteiger partial charge in [0.15, 0.2) is 0 Å². The molecule has 0 bridgehead atoms. The molecule has 0 spiro atoms. The highest BCUT2D eigenvalue weighted by Gasteiger charge is 2.10. The lowest BCUT2D eigenvalue weighted by Gasteiger charge is -2.08. The van der Waals surface area contributed by atoms with E-state index in [1.807, 2.05) is 0 Å². The first-order valence-corrected chi connectivity index (χ1v) is 4.61. The molecule has 0 aliphatic heterocycles. The monoisotopic (exact) mass is 169 g/mol. The van der Waals surface area contributed by atoms with Gasteiger partial charge in [0.25, 0.3) is 0 Å². The molecular formula is C10H19NO. The highest BCUT2D eigenvalue weighted by molar-refractivity contribution is 5.83. The van der Waals surface area contributed by atoms with Gasteiger partial charge in [-0.05, 0) is 12.8 Å². The predicted molar refractivity (Wildman–Crippen MR) is 51.9 cm³/mol. The zero-order valence-electron chi connectivity index (χ0n) is 7.88. The normalized spacial score (nSPS) is 12.5. The first-order valence-electron chi connectivity index (χ1n) is 4.61. The Morgan fingerprint density at radius 3 is 2.83 bits per heavy atom. The third-order valence-electron chi connectivity index (χ3n) is 1.88. The maximum absolute atomic E-state index is 11.2. The number of carbonyl (C=O) groups excluding carboxylic acids is 1. The van der Waals surface area contributed by atoms with Crippen LogP contribution in [-0.4, -0.2) is 11.8 Å². The molecule has 0 aromatic heterocycles. The van der Waals surface area contributed by atoms with Crippen molar-refractivity contribution >= 4 is 5.78 Å². The summed E-state index contributed by atoms with van der Waals surface area (Å²) in [6.07, 6.45) is 6.02. The van der Waals surface area contributed by atoms with Crippen LogP contribution in [-0.2, 0) is 4.79 Å². The summed E-state index contributed by atoms with van der Waals surface area (Å²) in [7, 11) is 0. The van der Waals surface area contributed by atoms with Crippen LogP contribution in [0.25, 0.3) is 0 Å². The van der Waals surface area contributed by atoms with Crippen LogP contribution in [0.1, 0.15) is 39.0 Å². The molecule has 0 aromatic carbocycles. The molecule has 0 saturated carbocycles. The van der Waals surface area contributed by atoms with E-state index < -0.39 is 0 Å². The van der Waals surface area contributed by atoms with Crippen LogP contribution in [0.4, 0.5) is 0 Å². The summed E-state index contributed by atoms with van der Waals surface area (Å²) in [5.41, 5.74) is 5.66. The van der Waals surface area contributed by atoms with Crippen molar-refractivity contribution in [2.75, 3.05) is 0 Å². The van der Waals surface area contributed by atoms with E-state index in [4.69, 9.17) is 5.73 Å². The molecule has 0 aliphatic carbocycles. The van der Waals surface area contributed by atoms with E-state index in [1.165, 1.54) is 0 Å². The number of unbranched alkanes of at least 4 members (excludes halogenated alkanes) is 1. The minimum atomic E-state index is -0.245. The number of hydrogen-bond acceptors (Lipinski definition) is 2. The van der Waals surface area contributed by atoms with Crippen molar-refractivity contribution < 1.29 is 4.79 Å². The number of rotatable bonds is 7. The summed E-state index contributed by atoms with van der Waals surface area (Å²) < 4.78 is 0. The molecule has 2 N–H and O–H groups in total. The highest BCUT2D eigenvalue weighted by Crippen LogP contribution is 2.03. The molecule has 0 heterocycles. The fraction of sp³-hybridized carbons (Fsp3) is 0.700. The van der Waals surface area contributed by atoms with Gasteiger partial charge < -0.3 is 5.73 Å². The van der Waals surface area contributed by atoms with Crippen LogP contribution in [0.5, 0.6) is 0 Å². The Kier molecular flexibility index (Phi) is 6.67. The van der Waals surface area contributed by atoms with E-state index in [-0.39, 0.29) is 11.8 Å². The quantitative estimate of drug-likeness (QED) is 0.593. The highest BCUT2D eigenvalue weighted by atomic mass is 16.1. The Bertz CT molecular complexity index is 143. The Balaban J connectivity index is 3.53. The molecule has 0 rings (SSSR count). The van der Waals surface area contributed by atoms with Crippen LogP contribution in [0, 0.1) is 0 Å². The third-order valence-corrected chi connectivity index (χ3v) is 1.88. The standard InChI is InChI=1S/C10H19NO/c1-3-5-7-9(11)10(12)8-6-4-2/h4,9H,2-3,5-8,11H2,1H3. The van der Waals surface area contributed by atoms with E-state index in [9.17, 15) is 4.79 Å². The van der Waals surface area contributed by atoms with Crippen molar-refractivity contribution in [1.82, 2.24) is 0 Å². The average molecular weight is 169 g/mol. The molecule has 0 radical (unpaired) electrons. The molecule has 0 amide bonds. The molecule has 1 atom stereocenters. The molecule has 0 saturated heterocycles. The van der Waals surface area contributed by atoms with Crippen molar-refractivity contribution in [2.45, 2.75) is 45.1 Å². The Labute approximate surface area is 74.8 Å². The smallest absolute Gasteiger partial charge is 0.149 e. The summed E-state index contributed by atoms with van der Waals surface area (Å²) in [5.74, 6) is 0.170. The maximum Gasteiger partial charge on any atom is 0.149 e. The van der Waals surface area contributed by atoms with Gasteiger partial charge >= 0.3 is 0 Å². The van der Waals surface area contributed by atoms with E-state index in [1.54, 1.807) is 6.08 Å². The summed E-state index contributed by atoms with van der Waals surface area (Å²) in [6.45, 7) is 5.66. The fourth-order valence-electron chi connectivity index (χ4n) is 1.01. The minimum absolute atomic E-state index is 0.170. The Morgan fingerprint density at radius 2 is 2.33 bits per heavy atom. The Hall–Kier alpha value is -0.630. The Morgan fingerprint density at radius 1 is 1.67 bits per heavy atom. The lowest BCUT2D eigenvalue weighted by Crippen LogP contribution is -2.29. The summed E-state index contributed by atoms with van der Waals surface area (Å²) in [4.78, 5) is 11.2. The van der Waals surface area contributed by atoms with Gasteiger partial charge in [-0.15, -0.1) is 6.58 Å². The lowest BCUT2D eigenvalue weighted by molar-refractivity contribution is -0.120. The topological polar surface area (TPSA) is 43.1 Å². The number of nitrogens with two attached hydrogens (primary N) is 1. The van der Waals surface area contributed by atoms with Crippen molar-refractivity contribution in [3.05, 3.63) is 12.7 Å². The summed E-state index contributed by atoms with van der Waals surface area (Å²) >= 11 is 0. The van der Waals surface area contributed by atoms with Gasteiger partial charge in [0.1, 0.15) is 5.78 Å². The minimum Gasteiger partial charge on any atom is -0.322 e. The number of ketones is 1. The molecule has 0 aromatic rings. The van der Waals surface area contributed by atoms with E-state index >= 15 is 0 Å². The maximum atomic E-state index is 11.2. The second-order valence-electron chi connectivity index (χ2n) is 3.04. The molecule has 70 valence electrons. The van der Waals surface area contributed by atoms with Gasteiger partial charge in [-0.3, -0.25) is 4.79 Å². The van der Waals surface area contributed by atoms with Crippen molar-refractivity contribution in [2.24, 2.45) is 5.73 Å². The van der Waals surface area contributed by atoms with Gasteiger partial charge in [-0.1, -0.05) is 25.8 Å². The molecule has 12 heavy (non-hydrogen) atoms. The number of allylic oxidation sites excluding steroid dienone is 1. The van der Waals surface area contributed by atoms with Crippen molar-refractivity contribution in [3.63, 3.8) is 0 Å². The molecule has 2 nitrogen and oxygen atoms in total. The van der Waals surface area contributed by atoms with E-state index in [2.05, 4.69) is 13.5 Å². The largest absolute Gasteiger partial charge is 0.322 e. The second kappa shape index (κ2) is 7.04. The number of carbonyl (C=O) groups is 1. The van der Waals surface area contributed by atoms with E-state index in [0.29, 0.717) is 6.42 Å². The zero-order chi connectivity index (χ0) is 9.40. The van der Waals surface area contributed by atoms with Gasteiger partial charge in [0, 0.05) is 6.42 Å². The number of Topliss-reactive ketones (excluding diaryl/α,β-unsaturated/α-hetero) is 1. The second-order valence-corrected chi connectivity index (χ2v) is 3.04. The van der Waals surface area contributed by atoms with Gasteiger partial charge in [0.2, 0.25) is 0 Å². The lowest BCUT2D eigenvalue weighted by atomic mass is 10.0. The average Bonchev–Trinajstić information content (AvgIpc) is 2.10. The van der Waals surface area contributed by atoms with Crippen LogP contribution < -0.4 is 5.73 Å². The zero-order valence-corrected chi connectivity index (χ0v) is 7.88. The molecule has 1 unspecified atom stereocenters. The third kappa shape index (κ3) is 5.08. The fourth-order valence-corrected chi connectivity index (χ4v) is 1.01. The first kappa shape index (κ1) is 11.4. The number of hydrogen-bond donors (Lipinski definition) is 1. The van der Waals surface area contributed by atoms with Gasteiger partial charge in [-0.25, -0.2) is 0 Å². The molecule has 0 aliphatic rings. The van der Waals surface area contributed by atoms with Crippen LogP contribution >= 0.6 is 0 Å². The van der Waals surface area contributed by atoms with Gasteiger partial charge in [-0.2, -0.15) is 0 Å². The molecular weight excluding hydrogens is 150 g/mol. The van der Waals surface area contributed by atoms with Crippen LogP contribution in [0.2, 0.25) is 0 Å². The predicted octanol–water partition coefficient (Wildman–Crippen LogP) is 2.04. The summed E-state index contributed by atoms with van der Waals surface area (Å²) in [6, 6.07) is -0.245.